The van der Waals surface area contributed by atoms with Crippen molar-refractivity contribution >= 4 is 41.5 Å². The largest absolute Gasteiger partial charge is 0.379 e. The van der Waals surface area contributed by atoms with E-state index in [0.717, 1.165) is 77.1 Å². The molecule has 2 aliphatic heterocycles. The van der Waals surface area contributed by atoms with Gasteiger partial charge in [-0.15, -0.1) is 24.0 Å². The molecule has 1 aromatic carbocycles. The average molecular weight is 576 g/mol. The van der Waals surface area contributed by atoms with Crippen molar-refractivity contribution in [2.45, 2.75) is 19.8 Å². The molecule has 2 saturated heterocycles. The monoisotopic (exact) mass is 576 g/mol. The Morgan fingerprint density at radius 2 is 1.76 bits per heavy atom. The molecule has 0 aliphatic carbocycles. The molecule has 1 amide bonds. The smallest absolute Gasteiger partial charge is 0.224 e. The molecular formula is C23H38FIN6O2. The third kappa shape index (κ3) is 9.62. The van der Waals surface area contributed by atoms with Gasteiger partial charge in [-0.2, -0.15) is 0 Å². The van der Waals surface area contributed by atoms with E-state index in [4.69, 9.17) is 4.74 Å². The Morgan fingerprint density at radius 1 is 1.06 bits per heavy atom. The minimum Gasteiger partial charge on any atom is -0.379 e. The molecule has 0 saturated carbocycles. The van der Waals surface area contributed by atoms with Crippen LogP contribution in [-0.4, -0.2) is 100 Å². The van der Waals surface area contributed by atoms with Crippen molar-refractivity contribution in [1.29, 1.82) is 0 Å². The molecule has 186 valence electrons. The molecule has 0 aromatic heterocycles. The van der Waals surface area contributed by atoms with Crippen LogP contribution in [0.5, 0.6) is 0 Å². The van der Waals surface area contributed by atoms with E-state index in [1.165, 1.54) is 12.1 Å². The van der Waals surface area contributed by atoms with Crippen molar-refractivity contribution in [3.63, 3.8) is 0 Å². The maximum absolute atomic E-state index is 13.1. The van der Waals surface area contributed by atoms with Crippen LogP contribution in [0.25, 0.3) is 0 Å². The molecule has 0 atom stereocenters. The number of carbonyl (C=O) groups is 1. The summed E-state index contributed by atoms with van der Waals surface area (Å²) in [5.41, 5.74) is 1.00. The molecule has 10 heteroatoms. The van der Waals surface area contributed by atoms with E-state index in [1.54, 1.807) is 12.1 Å². The number of morpholine rings is 1. The number of benzene rings is 1. The normalized spacial score (nSPS) is 17.5. The zero-order chi connectivity index (χ0) is 22.6. The molecule has 2 aliphatic rings. The Hall–Kier alpha value is -1.66. The Labute approximate surface area is 213 Å². The van der Waals surface area contributed by atoms with Crippen molar-refractivity contribution in [3.8, 4) is 0 Å². The highest BCUT2D eigenvalue weighted by Gasteiger charge is 2.21. The molecule has 33 heavy (non-hydrogen) atoms. The van der Waals surface area contributed by atoms with E-state index in [1.807, 2.05) is 11.8 Å². The van der Waals surface area contributed by atoms with Crippen LogP contribution < -0.4 is 15.5 Å². The van der Waals surface area contributed by atoms with Gasteiger partial charge in [0.05, 0.1) is 13.2 Å². The summed E-state index contributed by atoms with van der Waals surface area (Å²) in [6.45, 7) is 11.7. The Morgan fingerprint density at radius 3 is 2.42 bits per heavy atom. The maximum Gasteiger partial charge on any atom is 0.224 e. The second-order valence-electron chi connectivity index (χ2n) is 8.09. The van der Waals surface area contributed by atoms with Crippen molar-refractivity contribution in [2.24, 2.45) is 4.99 Å². The van der Waals surface area contributed by atoms with Gasteiger partial charge in [-0.05, 0) is 37.6 Å². The highest BCUT2D eigenvalue weighted by atomic mass is 127. The van der Waals surface area contributed by atoms with Crippen LogP contribution in [0.2, 0.25) is 0 Å². The van der Waals surface area contributed by atoms with Crippen LogP contribution in [0.3, 0.4) is 0 Å². The van der Waals surface area contributed by atoms with Crippen LogP contribution in [-0.2, 0) is 9.53 Å². The second kappa shape index (κ2) is 15.3. The van der Waals surface area contributed by atoms with E-state index in [9.17, 15) is 9.18 Å². The Balaban J connectivity index is 0.00000385. The van der Waals surface area contributed by atoms with E-state index < -0.39 is 0 Å². The number of rotatable bonds is 9. The first-order valence-corrected chi connectivity index (χ1v) is 11.8. The molecule has 0 spiro atoms. The number of aliphatic imine (C=N–C) groups is 1. The number of anilines is 1. The zero-order valence-corrected chi connectivity index (χ0v) is 21.9. The number of hydrogen-bond acceptors (Lipinski definition) is 5. The number of ether oxygens (including phenoxy) is 1. The first kappa shape index (κ1) is 27.6. The fraction of sp³-hybridized carbons (Fsp3) is 0.652. The van der Waals surface area contributed by atoms with Crippen molar-refractivity contribution in [3.05, 3.63) is 30.1 Å². The van der Waals surface area contributed by atoms with Crippen molar-refractivity contribution < 1.29 is 13.9 Å². The second-order valence-corrected chi connectivity index (χ2v) is 8.09. The van der Waals surface area contributed by atoms with Gasteiger partial charge < -0.3 is 25.2 Å². The minimum absolute atomic E-state index is 0. The predicted octanol–water partition coefficient (Wildman–Crippen LogP) is 1.76. The van der Waals surface area contributed by atoms with E-state index in [2.05, 4.69) is 25.4 Å². The van der Waals surface area contributed by atoms with Gasteiger partial charge in [0, 0.05) is 77.6 Å². The molecule has 2 heterocycles. The lowest BCUT2D eigenvalue weighted by Gasteiger charge is -2.36. The highest BCUT2D eigenvalue weighted by molar-refractivity contribution is 14.0. The molecule has 3 rings (SSSR count). The minimum atomic E-state index is -0.229. The predicted molar refractivity (Wildman–Crippen MR) is 141 cm³/mol. The lowest BCUT2D eigenvalue weighted by molar-refractivity contribution is -0.131. The summed E-state index contributed by atoms with van der Waals surface area (Å²) in [5.74, 6) is 0.690. The number of amides is 1. The number of piperazine rings is 1. The standard InChI is InChI=1S/C23H37FN6O2.HI/c1-2-25-23(26-9-3-11-28-16-18-32-19-17-28)27-10-8-22(31)30-14-12-29(13-15-30)21-6-4-20(24)5-7-21;/h4-7H,2-3,8-19H2,1H3,(H2,25,26,27);1H. The van der Waals surface area contributed by atoms with Gasteiger partial charge in [-0.3, -0.25) is 14.7 Å². The van der Waals surface area contributed by atoms with Gasteiger partial charge in [0.1, 0.15) is 5.82 Å². The SMILES string of the molecule is CCNC(=NCCCN1CCOCC1)NCCC(=O)N1CCN(c2ccc(F)cc2)CC1.I. The van der Waals surface area contributed by atoms with Gasteiger partial charge in [-0.25, -0.2) is 4.39 Å². The fourth-order valence-corrected chi connectivity index (χ4v) is 3.96. The van der Waals surface area contributed by atoms with Gasteiger partial charge in [0.15, 0.2) is 5.96 Å². The number of nitrogens with one attached hydrogen (secondary N) is 2. The first-order valence-electron chi connectivity index (χ1n) is 11.8. The maximum atomic E-state index is 13.1. The quantitative estimate of drug-likeness (QED) is 0.202. The number of nitrogens with zero attached hydrogens (tertiary/aromatic N) is 4. The number of hydrogen-bond donors (Lipinski definition) is 2. The molecule has 0 bridgehead atoms. The first-order chi connectivity index (χ1) is 15.7. The van der Waals surface area contributed by atoms with E-state index >= 15 is 0 Å². The average Bonchev–Trinajstić information content (AvgIpc) is 2.83. The lowest BCUT2D eigenvalue weighted by atomic mass is 10.2. The number of guanidine groups is 1. The van der Waals surface area contributed by atoms with Crippen molar-refractivity contribution in [2.75, 3.05) is 83.6 Å². The summed E-state index contributed by atoms with van der Waals surface area (Å²) in [7, 11) is 0. The van der Waals surface area contributed by atoms with Crippen LogP contribution in [0.1, 0.15) is 19.8 Å². The van der Waals surface area contributed by atoms with Crippen LogP contribution in [0, 0.1) is 5.82 Å². The summed E-state index contributed by atoms with van der Waals surface area (Å²) < 4.78 is 18.5. The topological polar surface area (TPSA) is 72.4 Å². The summed E-state index contributed by atoms with van der Waals surface area (Å²) in [6.07, 6.45) is 1.45. The molecule has 0 radical (unpaired) electrons. The Kier molecular flexibility index (Phi) is 12.8. The van der Waals surface area contributed by atoms with Crippen LogP contribution in [0.15, 0.2) is 29.3 Å². The zero-order valence-electron chi connectivity index (χ0n) is 19.6. The highest BCUT2D eigenvalue weighted by Crippen LogP contribution is 2.17. The number of halogens is 2. The third-order valence-corrected chi connectivity index (χ3v) is 5.81. The van der Waals surface area contributed by atoms with Gasteiger partial charge >= 0.3 is 0 Å². The summed E-state index contributed by atoms with van der Waals surface area (Å²) >= 11 is 0. The van der Waals surface area contributed by atoms with Gasteiger partial charge in [-0.1, -0.05) is 0 Å². The van der Waals surface area contributed by atoms with Gasteiger partial charge in [0.25, 0.3) is 0 Å². The summed E-state index contributed by atoms with van der Waals surface area (Å²) in [4.78, 5) is 23.7. The van der Waals surface area contributed by atoms with Gasteiger partial charge in [0.2, 0.25) is 5.91 Å². The van der Waals surface area contributed by atoms with E-state index in [0.29, 0.717) is 26.1 Å². The summed E-state index contributed by atoms with van der Waals surface area (Å²) in [5, 5.41) is 6.53. The molecular weight excluding hydrogens is 538 g/mol. The fourth-order valence-electron chi connectivity index (χ4n) is 3.96. The molecule has 2 fully saturated rings. The summed E-state index contributed by atoms with van der Waals surface area (Å²) in [6, 6.07) is 6.54. The molecule has 2 N–H and O–H groups in total. The van der Waals surface area contributed by atoms with Crippen molar-refractivity contribution in [1.82, 2.24) is 20.4 Å². The van der Waals surface area contributed by atoms with E-state index in [-0.39, 0.29) is 35.7 Å². The molecule has 0 unspecified atom stereocenters. The Bertz CT molecular complexity index is 722. The number of carbonyl (C=O) groups excluding carboxylic acids is 1. The van der Waals surface area contributed by atoms with Crippen LogP contribution in [0.4, 0.5) is 10.1 Å². The molecule has 1 aromatic rings. The third-order valence-electron chi connectivity index (χ3n) is 5.81. The molecule has 8 nitrogen and oxygen atoms in total. The van der Waals surface area contributed by atoms with Crippen LogP contribution >= 0.6 is 24.0 Å². The lowest BCUT2D eigenvalue weighted by Crippen LogP contribution is -2.49.